The second kappa shape index (κ2) is 4.57. The normalized spacial score (nSPS) is 13.6. The third kappa shape index (κ3) is 2.45. The number of hydrogen-bond acceptors (Lipinski definition) is 5. The number of hydrogen-bond donors (Lipinski definition) is 2. The van der Waals surface area contributed by atoms with Crippen LogP contribution in [-0.2, 0) is 4.79 Å². The predicted octanol–water partition coefficient (Wildman–Crippen LogP) is 1.01. The molecule has 84 valence electrons. The Morgan fingerprint density at radius 1 is 1.75 bits per heavy atom. The highest BCUT2D eigenvalue weighted by Crippen LogP contribution is 2.15. The molecule has 0 saturated heterocycles. The van der Waals surface area contributed by atoms with Crippen LogP contribution in [0.4, 0.5) is 5.95 Å². The molecule has 1 atom stereocenters. The van der Waals surface area contributed by atoms with Crippen LogP contribution in [0.1, 0.15) is 26.0 Å². The Kier molecular flexibility index (Phi) is 3.40. The summed E-state index contributed by atoms with van der Waals surface area (Å²) >= 11 is 0. The number of aliphatic carboxylic acids is 1. The number of nitrogens with zero attached hydrogens (tertiary/aromatic N) is 3. The van der Waals surface area contributed by atoms with Crippen molar-refractivity contribution in [3.05, 3.63) is 18.0 Å². The summed E-state index contributed by atoms with van der Waals surface area (Å²) in [5.41, 5.74) is -0.935. The highest BCUT2D eigenvalue weighted by atomic mass is 16.4. The molecule has 0 fully saturated rings. The molecule has 1 unspecified atom stereocenters. The number of carboxylic acid groups (broad SMARTS) is 1. The summed E-state index contributed by atoms with van der Waals surface area (Å²) in [4.78, 5) is 18.8. The number of carbonyl (C=O) groups is 1. The van der Waals surface area contributed by atoms with E-state index in [9.17, 15) is 4.79 Å². The summed E-state index contributed by atoms with van der Waals surface area (Å²) < 4.78 is 0. The van der Waals surface area contributed by atoms with Crippen molar-refractivity contribution in [1.29, 1.82) is 5.26 Å². The Morgan fingerprint density at radius 2 is 2.44 bits per heavy atom. The zero-order valence-corrected chi connectivity index (χ0v) is 9.06. The first-order valence-electron chi connectivity index (χ1n) is 4.76. The number of rotatable bonds is 4. The van der Waals surface area contributed by atoms with Crippen LogP contribution in [0.5, 0.6) is 0 Å². The van der Waals surface area contributed by atoms with E-state index in [0.717, 1.165) is 0 Å². The summed E-state index contributed by atoms with van der Waals surface area (Å²) in [6, 6.07) is 3.32. The van der Waals surface area contributed by atoms with Crippen LogP contribution >= 0.6 is 0 Å². The smallest absolute Gasteiger partial charge is 0.329 e. The minimum Gasteiger partial charge on any atom is -0.480 e. The molecule has 1 rings (SSSR count). The maximum atomic E-state index is 11.0. The SMILES string of the molecule is CCC(C)(Nc1nccc(C#N)n1)C(=O)O. The largest absolute Gasteiger partial charge is 0.480 e. The molecule has 2 N–H and O–H groups in total. The van der Waals surface area contributed by atoms with Crippen molar-refractivity contribution in [2.24, 2.45) is 0 Å². The first-order valence-corrected chi connectivity index (χ1v) is 4.76. The predicted molar refractivity (Wildman–Crippen MR) is 56.7 cm³/mol. The first kappa shape index (κ1) is 11.9. The van der Waals surface area contributed by atoms with Crippen molar-refractivity contribution in [3.63, 3.8) is 0 Å². The average molecular weight is 220 g/mol. The fourth-order valence-electron chi connectivity index (χ4n) is 1.02. The lowest BCUT2D eigenvalue weighted by molar-refractivity contribution is -0.141. The van der Waals surface area contributed by atoms with Crippen LogP contribution in [-0.4, -0.2) is 26.6 Å². The van der Waals surface area contributed by atoms with E-state index >= 15 is 0 Å². The Bertz CT molecular complexity index is 441. The molecule has 1 aromatic heterocycles. The Balaban J connectivity index is 2.95. The van der Waals surface area contributed by atoms with Crippen LogP contribution in [0, 0.1) is 11.3 Å². The number of carboxylic acids is 1. The monoisotopic (exact) mass is 220 g/mol. The van der Waals surface area contributed by atoms with Gasteiger partial charge in [-0.2, -0.15) is 5.26 Å². The number of nitrogens with one attached hydrogen (secondary N) is 1. The standard InChI is InChI=1S/C10H12N4O2/c1-3-10(2,8(15)16)14-9-12-5-4-7(6-11)13-9/h4-5H,3H2,1-2H3,(H,15,16)(H,12,13,14). The van der Waals surface area contributed by atoms with E-state index in [-0.39, 0.29) is 11.6 Å². The van der Waals surface area contributed by atoms with Gasteiger partial charge in [0.05, 0.1) is 0 Å². The fraction of sp³-hybridized carbons (Fsp3) is 0.400. The molecule has 0 saturated carbocycles. The molecule has 1 heterocycles. The molecular formula is C10H12N4O2. The minimum absolute atomic E-state index is 0.144. The molecular weight excluding hydrogens is 208 g/mol. The third-order valence-corrected chi connectivity index (χ3v) is 2.34. The topological polar surface area (TPSA) is 98.9 Å². The first-order chi connectivity index (χ1) is 7.51. The summed E-state index contributed by atoms with van der Waals surface area (Å²) in [7, 11) is 0. The van der Waals surface area contributed by atoms with E-state index in [2.05, 4.69) is 15.3 Å². The van der Waals surface area contributed by atoms with Crippen LogP contribution in [0.2, 0.25) is 0 Å². The summed E-state index contributed by atoms with van der Waals surface area (Å²) in [5, 5.41) is 20.4. The molecule has 0 radical (unpaired) electrons. The van der Waals surface area contributed by atoms with Gasteiger partial charge < -0.3 is 10.4 Å². The molecule has 0 aliphatic heterocycles. The molecule has 0 aromatic carbocycles. The van der Waals surface area contributed by atoms with Crippen molar-refractivity contribution in [2.75, 3.05) is 5.32 Å². The molecule has 6 heteroatoms. The molecule has 0 aliphatic carbocycles. The van der Waals surface area contributed by atoms with E-state index in [4.69, 9.17) is 10.4 Å². The van der Waals surface area contributed by atoms with Gasteiger partial charge in [0, 0.05) is 6.20 Å². The highest BCUT2D eigenvalue weighted by molar-refractivity contribution is 5.81. The van der Waals surface area contributed by atoms with Crippen LogP contribution in [0.3, 0.4) is 0 Å². The molecule has 0 bridgehead atoms. The number of anilines is 1. The number of aromatic nitrogens is 2. The van der Waals surface area contributed by atoms with E-state index in [1.165, 1.54) is 19.2 Å². The van der Waals surface area contributed by atoms with Crippen molar-refractivity contribution in [3.8, 4) is 6.07 Å². The Morgan fingerprint density at radius 3 is 2.94 bits per heavy atom. The highest BCUT2D eigenvalue weighted by Gasteiger charge is 2.31. The van der Waals surface area contributed by atoms with E-state index in [1.807, 2.05) is 6.07 Å². The van der Waals surface area contributed by atoms with Crippen LogP contribution in [0.25, 0.3) is 0 Å². The van der Waals surface area contributed by atoms with Crippen molar-refractivity contribution >= 4 is 11.9 Å². The van der Waals surface area contributed by atoms with Gasteiger partial charge in [-0.25, -0.2) is 14.8 Å². The van der Waals surface area contributed by atoms with Gasteiger partial charge in [-0.15, -0.1) is 0 Å². The lowest BCUT2D eigenvalue weighted by Crippen LogP contribution is -2.43. The summed E-state index contributed by atoms with van der Waals surface area (Å²) in [5.74, 6) is -0.841. The van der Waals surface area contributed by atoms with Crippen LogP contribution in [0.15, 0.2) is 12.3 Å². The third-order valence-electron chi connectivity index (χ3n) is 2.34. The summed E-state index contributed by atoms with van der Waals surface area (Å²) in [6.07, 6.45) is 1.79. The maximum Gasteiger partial charge on any atom is 0.329 e. The molecule has 0 spiro atoms. The molecule has 0 aliphatic rings. The molecule has 6 nitrogen and oxygen atoms in total. The van der Waals surface area contributed by atoms with Crippen molar-refractivity contribution in [1.82, 2.24) is 9.97 Å². The Labute approximate surface area is 93.0 Å². The molecule has 0 amide bonds. The lowest BCUT2D eigenvalue weighted by atomic mass is 10.00. The zero-order valence-electron chi connectivity index (χ0n) is 9.06. The van der Waals surface area contributed by atoms with Gasteiger partial charge in [-0.3, -0.25) is 0 Å². The average Bonchev–Trinajstić information content (AvgIpc) is 2.29. The molecule has 16 heavy (non-hydrogen) atoms. The van der Waals surface area contributed by atoms with Gasteiger partial charge in [0.25, 0.3) is 0 Å². The lowest BCUT2D eigenvalue weighted by Gasteiger charge is -2.24. The second-order valence-electron chi connectivity index (χ2n) is 3.49. The van der Waals surface area contributed by atoms with E-state index < -0.39 is 11.5 Å². The van der Waals surface area contributed by atoms with Gasteiger partial charge in [-0.1, -0.05) is 6.92 Å². The van der Waals surface area contributed by atoms with Gasteiger partial charge in [0.1, 0.15) is 17.3 Å². The Hall–Kier alpha value is -2.16. The van der Waals surface area contributed by atoms with Crippen LogP contribution < -0.4 is 5.32 Å². The maximum absolute atomic E-state index is 11.0. The summed E-state index contributed by atoms with van der Waals surface area (Å²) in [6.45, 7) is 3.28. The van der Waals surface area contributed by atoms with Gasteiger partial charge in [-0.05, 0) is 19.4 Å². The zero-order chi connectivity index (χ0) is 12.2. The molecule has 1 aromatic rings. The van der Waals surface area contributed by atoms with Gasteiger partial charge >= 0.3 is 5.97 Å². The van der Waals surface area contributed by atoms with Gasteiger partial charge in [0.15, 0.2) is 0 Å². The number of nitriles is 1. The van der Waals surface area contributed by atoms with Crippen molar-refractivity contribution < 1.29 is 9.90 Å². The van der Waals surface area contributed by atoms with E-state index in [0.29, 0.717) is 6.42 Å². The quantitative estimate of drug-likeness (QED) is 0.785. The minimum atomic E-state index is -1.13. The fourth-order valence-corrected chi connectivity index (χ4v) is 1.02. The van der Waals surface area contributed by atoms with Crippen molar-refractivity contribution in [2.45, 2.75) is 25.8 Å². The second-order valence-corrected chi connectivity index (χ2v) is 3.49. The van der Waals surface area contributed by atoms with Gasteiger partial charge in [0.2, 0.25) is 5.95 Å². The van der Waals surface area contributed by atoms with E-state index in [1.54, 1.807) is 6.92 Å².